The Labute approximate surface area is 158 Å². The van der Waals surface area contributed by atoms with E-state index in [0.29, 0.717) is 11.5 Å². The van der Waals surface area contributed by atoms with E-state index in [1.54, 1.807) is 12.1 Å². The van der Waals surface area contributed by atoms with Crippen molar-refractivity contribution in [1.82, 2.24) is 9.97 Å². The van der Waals surface area contributed by atoms with Gasteiger partial charge in [-0.2, -0.15) is 4.98 Å². The Morgan fingerprint density at radius 1 is 1.00 bits per heavy atom. The number of anilines is 3. The van der Waals surface area contributed by atoms with Crippen molar-refractivity contribution in [2.45, 2.75) is 19.3 Å². The molecule has 0 unspecified atom stereocenters. The second-order valence-corrected chi connectivity index (χ2v) is 6.63. The number of para-hydroxylation sites is 1. The van der Waals surface area contributed by atoms with Crippen LogP contribution in [0.2, 0.25) is 0 Å². The molecule has 1 aromatic heterocycles. The number of carbonyl (C=O) groups excluding carboxylic acids is 1. The number of methoxy groups -OCH3 is 1. The van der Waals surface area contributed by atoms with Gasteiger partial charge in [-0.15, -0.1) is 0 Å². The van der Waals surface area contributed by atoms with Crippen LogP contribution in [0.25, 0.3) is 10.9 Å². The minimum Gasteiger partial charge on any atom is -0.465 e. The molecule has 2 aromatic carbocycles. The number of piperidine rings is 1. The highest BCUT2D eigenvalue weighted by Gasteiger charge is 2.17. The number of esters is 1. The lowest BCUT2D eigenvalue weighted by molar-refractivity contribution is 0.0601. The van der Waals surface area contributed by atoms with Gasteiger partial charge in [0.15, 0.2) is 0 Å². The molecule has 0 amide bonds. The van der Waals surface area contributed by atoms with Gasteiger partial charge >= 0.3 is 5.97 Å². The zero-order valence-corrected chi connectivity index (χ0v) is 15.3. The second-order valence-electron chi connectivity index (χ2n) is 6.63. The molecule has 0 bridgehead atoms. The van der Waals surface area contributed by atoms with E-state index in [9.17, 15) is 4.79 Å². The van der Waals surface area contributed by atoms with Crippen molar-refractivity contribution in [3.05, 3.63) is 54.1 Å². The van der Waals surface area contributed by atoms with E-state index in [4.69, 9.17) is 9.72 Å². The van der Waals surface area contributed by atoms with Crippen LogP contribution in [0.4, 0.5) is 17.5 Å². The average Bonchev–Trinajstić information content (AvgIpc) is 2.74. The van der Waals surface area contributed by atoms with Crippen LogP contribution in [0.15, 0.2) is 48.5 Å². The highest BCUT2D eigenvalue weighted by molar-refractivity contribution is 5.91. The highest BCUT2D eigenvalue weighted by atomic mass is 16.5. The molecule has 6 nitrogen and oxygen atoms in total. The van der Waals surface area contributed by atoms with Crippen molar-refractivity contribution >= 4 is 34.3 Å². The number of aromatic nitrogens is 2. The van der Waals surface area contributed by atoms with Crippen LogP contribution in [-0.2, 0) is 4.74 Å². The Balaban J connectivity index is 1.66. The number of nitrogens with zero attached hydrogens (tertiary/aromatic N) is 3. The Hall–Kier alpha value is -3.15. The summed E-state index contributed by atoms with van der Waals surface area (Å²) in [5.74, 6) is 1.19. The molecule has 1 aliphatic rings. The first-order valence-electron chi connectivity index (χ1n) is 9.22. The van der Waals surface area contributed by atoms with Crippen molar-refractivity contribution in [3.63, 3.8) is 0 Å². The molecule has 0 radical (unpaired) electrons. The summed E-state index contributed by atoms with van der Waals surface area (Å²) >= 11 is 0. The fraction of sp³-hybridized carbons (Fsp3) is 0.286. The summed E-state index contributed by atoms with van der Waals surface area (Å²) in [6.07, 6.45) is 3.66. The lowest BCUT2D eigenvalue weighted by Crippen LogP contribution is -2.30. The summed E-state index contributed by atoms with van der Waals surface area (Å²) in [4.78, 5) is 23.4. The molecule has 6 heteroatoms. The van der Waals surface area contributed by atoms with Crippen molar-refractivity contribution in [1.29, 1.82) is 0 Å². The molecule has 1 saturated heterocycles. The van der Waals surface area contributed by atoms with Gasteiger partial charge in [-0.1, -0.05) is 12.1 Å². The number of fused-ring (bicyclic) bond motifs is 1. The Bertz CT molecular complexity index is 950. The zero-order chi connectivity index (χ0) is 18.6. The summed E-state index contributed by atoms with van der Waals surface area (Å²) in [5.41, 5.74) is 2.25. The molecule has 3 aromatic rings. The van der Waals surface area contributed by atoms with Gasteiger partial charge in [0.2, 0.25) is 5.95 Å². The third kappa shape index (κ3) is 3.69. The Morgan fingerprint density at radius 2 is 1.74 bits per heavy atom. The first-order chi connectivity index (χ1) is 13.2. The van der Waals surface area contributed by atoms with Crippen LogP contribution in [0, 0.1) is 0 Å². The quantitative estimate of drug-likeness (QED) is 0.703. The standard InChI is InChI=1S/C21H22N4O2/c1-27-20(26)15-9-11-16(12-10-15)22-21-23-18-8-4-3-7-17(18)19(24-21)25-13-5-2-6-14-25/h3-4,7-12H,2,5-6,13-14H2,1H3,(H,22,23,24). The van der Waals surface area contributed by atoms with Gasteiger partial charge in [0, 0.05) is 24.2 Å². The highest BCUT2D eigenvalue weighted by Crippen LogP contribution is 2.28. The molecule has 0 saturated carbocycles. The van der Waals surface area contributed by atoms with Crippen molar-refractivity contribution in [3.8, 4) is 0 Å². The van der Waals surface area contributed by atoms with Crippen LogP contribution in [0.3, 0.4) is 0 Å². The second kappa shape index (κ2) is 7.61. The molecule has 1 fully saturated rings. The third-order valence-electron chi connectivity index (χ3n) is 4.80. The summed E-state index contributed by atoms with van der Waals surface area (Å²) in [6.45, 7) is 2.04. The minimum absolute atomic E-state index is 0.351. The molecule has 138 valence electrons. The normalized spacial score (nSPS) is 14.2. The fourth-order valence-corrected chi connectivity index (χ4v) is 3.40. The number of nitrogens with one attached hydrogen (secondary N) is 1. The molecule has 4 rings (SSSR count). The van der Waals surface area contributed by atoms with Crippen LogP contribution in [0.1, 0.15) is 29.6 Å². The topological polar surface area (TPSA) is 67.3 Å². The molecule has 0 aliphatic carbocycles. The maximum atomic E-state index is 11.6. The Kier molecular flexibility index (Phi) is 4.87. The number of hydrogen-bond donors (Lipinski definition) is 1. The SMILES string of the molecule is COC(=O)c1ccc(Nc2nc(N3CCCCC3)c3ccccc3n2)cc1. The van der Waals surface area contributed by atoms with E-state index in [1.807, 2.05) is 30.3 Å². The largest absolute Gasteiger partial charge is 0.465 e. The lowest BCUT2D eigenvalue weighted by Gasteiger charge is -2.28. The number of hydrogen-bond acceptors (Lipinski definition) is 6. The predicted molar refractivity (Wildman–Crippen MR) is 107 cm³/mol. The summed E-state index contributed by atoms with van der Waals surface area (Å²) in [5, 5.41) is 4.33. The summed E-state index contributed by atoms with van der Waals surface area (Å²) < 4.78 is 4.74. The van der Waals surface area contributed by atoms with Gasteiger partial charge < -0.3 is 15.0 Å². The molecular formula is C21H22N4O2. The van der Waals surface area contributed by atoms with E-state index in [-0.39, 0.29) is 5.97 Å². The Morgan fingerprint density at radius 3 is 2.48 bits per heavy atom. The number of rotatable bonds is 4. The smallest absolute Gasteiger partial charge is 0.337 e. The summed E-state index contributed by atoms with van der Waals surface area (Å²) in [7, 11) is 1.37. The van der Waals surface area contributed by atoms with E-state index < -0.39 is 0 Å². The molecule has 1 aliphatic heterocycles. The zero-order valence-electron chi connectivity index (χ0n) is 15.3. The first-order valence-corrected chi connectivity index (χ1v) is 9.22. The predicted octanol–water partition coefficient (Wildman–Crippen LogP) is 4.15. The van der Waals surface area contributed by atoms with Gasteiger partial charge in [-0.25, -0.2) is 9.78 Å². The molecule has 0 atom stereocenters. The van der Waals surface area contributed by atoms with Crippen LogP contribution in [0.5, 0.6) is 0 Å². The number of carbonyl (C=O) groups is 1. The third-order valence-corrected chi connectivity index (χ3v) is 4.80. The number of ether oxygens (including phenoxy) is 1. The molecule has 0 spiro atoms. The van der Waals surface area contributed by atoms with Gasteiger partial charge in [0.25, 0.3) is 0 Å². The van der Waals surface area contributed by atoms with Gasteiger partial charge in [0.1, 0.15) is 5.82 Å². The van der Waals surface area contributed by atoms with E-state index in [2.05, 4.69) is 21.3 Å². The van der Waals surface area contributed by atoms with Crippen LogP contribution >= 0.6 is 0 Å². The minimum atomic E-state index is -0.351. The van der Waals surface area contributed by atoms with Gasteiger partial charge in [-0.05, 0) is 55.7 Å². The average molecular weight is 362 g/mol. The molecule has 2 heterocycles. The number of benzene rings is 2. The van der Waals surface area contributed by atoms with Gasteiger partial charge in [0.05, 0.1) is 18.2 Å². The van der Waals surface area contributed by atoms with Crippen LogP contribution < -0.4 is 10.2 Å². The van der Waals surface area contributed by atoms with Crippen molar-refractivity contribution in [2.24, 2.45) is 0 Å². The summed E-state index contributed by atoms with van der Waals surface area (Å²) in [6, 6.07) is 15.2. The monoisotopic (exact) mass is 362 g/mol. The molecule has 27 heavy (non-hydrogen) atoms. The van der Waals surface area contributed by atoms with E-state index >= 15 is 0 Å². The first kappa shape index (κ1) is 17.3. The molecular weight excluding hydrogens is 340 g/mol. The van der Waals surface area contributed by atoms with E-state index in [0.717, 1.165) is 35.5 Å². The molecule has 1 N–H and O–H groups in total. The van der Waals surface area contributed by atoms with Crippen molar-refractivity contribution in [2.75, 3.05) is 30.4 Å². The van der Waals surface area contributed by atoms with Crippen molar-refractivity contribution < 1.29 is 9.53 Å². The fourth-order valence-electron chi connectivity index (χ4n) is 3.40. The van der Waals surface area contributed by atoms with Gasteiger partial charge in [-0.3, -0.25) is 0 Å². The van der Waals surface area contributed by atoms with E-state index in [1.165, 1.54) is 26.4 Å². The maximum Gasteiger partial charge on any atom is 0.337 e. The van der Waals surface area contributed by atoms with Crippen LogP contribution in [-0.4, -0.2) is 36.1 Å². The maximum absolute atomic E-state index is 11.6. The lowest BCUT2D eigenvalue weighted by atomic mass is 10.1.